The molecule has 0 bridgehead atoms. The van der Waals surface area contributed by atoms with E-state index in [2.05, 4.69) is 245 Å². The number of benzene rings is 9. The maximum Gasteiger partial charge on any atom is 0.0719 e. The first-order chi connectivity index (χ1) is 30.3. The Morgan fingerprint density at radius 2 is 0.758 bits per heavy atom. The fraction of sp³-hybridized carbons (Fsp3) is 0.115. The van der Waals surface area contributed by atoms with Crippen LogP contribution in [0.25, 0.3) is 44.5 Å². The van der Waals surface area contributed by atoms with E-state index < -0.39 is 5.41 Å². The van der Waals surface area contributed by atoms with Crippen molar-refractivity contribution < 1.29 is 0 Å². The van der Waals surface area contributed by atoms with E-state index in [4.69, 9.17) is 0 Å². The standard InChI is InChI=1S/C61H47N/c1-59(2)51-26-11-8-22-47(51)50-37-34-41(39-57(50)59)40-32-35-44(36-33-40)62(43-19-6-5-7-20-43)45-21-16-18-42(38-45)46-25-17-31-56-58(46)60(3,4)54-29-14-15-30-55(54)61(56)52-27-12-9-23-48(52)49-24-10-13-28-53(49)61/h5-39H,1-4H3. The molecule has 0 fully saturated rings. The maximum atomic E-state index is 2.43. The summed E-state index contributed by atoms with van der Waals surface area (Å²) < 4.78 is 0. The molecule has 0 saturated carbocycles. The second-order valence-corrected chi connectivity index (χ2v) is 18.4. The Labute approximate surface area is 365 Å². The van der Waals surface area contributed by atoms with Crippen LogP contribution >= 0.6 is 0 Å². The molecule has 12 rings (SSSR count). The molecule has 3 aliphatic carbocycles. The van der Waals surface area contributed by atoms with Gasteiger partial charge in [0, 0.05) is 27.9 Å². The monoisotopic (exact) mass is 793 g/mol. The van der Waals surface area contributed by atoms with Gasteiger partial charge in [-0.1, -0.05) is 198 Å². The zero-order valence-electron chi connectivity index (χ0n) is 35.7. The number of fused-ring (bicyclic) bond motifs is 12. The molecule has 0 N–H and O–H groups in total. The van der Waals surface area contributed by atoms with Crippen molar-refractivity contribution in [2.75, 3.05) is 4.90 Å². The Kier molecular flexibility index (Phi) is 7.91. The molecular formula is C61H47N. The lowest BCUT2D eigenvalue weighted by Gasteiger charge is -2.47. The fourth-order valence-corrected chi connectivity index (χ4v) is 11.8. The first kappa shape index (κ1) is 36.6. The van der Waals surface area contributed by atoms with Crippen molar-refractivity contribution >= 4 is 17.1 Å². The fourth-order valence-electron chi connectivity index (χ4n) is 11.8. The Balaban J connectivity index is 0.994. The van der Waals surface area contributed by atoms with Gasteiger partial charge in [0.15, 0.2) is 0 Å². The van der Waals surface area contributed by atoms with E-state index in [9.17, 15) is 0 Å². The number of nitrogens with zero attached hydrogens (tertiary/aromatic N) is 1. The molecule has 9 aromatic carbocycles. The molecule has 1 nitrogen and oxygen atoms in total. The molecule has 3 aliphatic rings. The third-order valence-corrected chi connectivity index (χ3v) is 14.5. The van der Waals surface area contributed by atoms with E-state index in [-0.39, 0.29) is 10.8 Å². The van der Waals surface area contributed by atoms with Crippen LogP contribution in [0.5, 0.6) is 0 Å². The van der Waals surface area contributed by atoms with Crippen LogP contribution in [0.1, 0.15) is 72.2 Å². The van der Waals surface area contributed by atoms with Gasteiger partial charge < -0.3 is 4.90 Å². The van der Waals surface area contributed by atoms with Gasteiger partial charge in [-0.3, -0.25) is 0 Å². The van der Waals surface area contributed by atoms with Crippen molar-refractivity contribution in [3.05, 3.63) is 257 Å². The first-order valence-corrected chi connectivity index (χ1v) is 22.0. The number of hydrogen-bond donors (Lipinski definition) is 0. The Hall–Kier alpha value is -7.22. The summed E-state index contributed by atoms with van der Waals surface area (Å²) in [5.74, 6) is 0. The minimum Gasteiger partial charge on any atom is -0.310 e. The van der Waals surface area contributed by atoms with Crippen molar-refractivity contribution in [2.24, 2.45) is 0 Å². The lowest BCUT2D eigenvalue weighted by molar-refractivity contribution is 0.565. The largest absolute Gasteiger partial charge is 0.310 e. The lowest BCUT2D eigenvalue weighted by Crippen LogP contribution is -2.41. The van der Waals surface area contributed by atoms with Gasteiger partial charge in [0.25, 0.3) is 0 Å². The van der Waals surface area contributed by atoms with Gasteiger partial charge in [-0.15, -0.1) is 0 Å². The molecule has 0 heterocycles. The Morgan fingerprint density at radius 1 is 0.274 bits per heavy atom. The molecule has 0 aromatic heterocycles. The minimum absolute atomic E-state index is 0.0414. The van der Waals surface area contributed by atoms with Gasteiger partial charge in [0.05, 0.1) is 5.41 Å². The number of hydrogen-bond acceptors (Lipinski definition) is 1. The van der Waals surface area contributed by atoms with E-state index >= 15 is 0 Å². The van der Waals surface area contributed by atoms with E-state index in [0.717, 1.165) is 17.1 Å². The van der Waals surface area contributed by atoms with Gasteiger partial charge in [-0.2, -0.15) is 0 Å². The lowest BCUT2D eigenvalue weighted by atomic mass is 9.54. The number of rotatable bonds is 5. The molecule has 0 aliphatic heterocycles. The summed E-state index contributed by atoms with van der Waals surface area (Å²) in [6.07, 6.45) is 0. The molecule has 62 heavy (non-hydrogen) atoms. The summed E-state index contributed by atoms with van der Waals surface area (Å²) in [5.41, 5.74) is 24.0. The highest BCUT2D eigenvalue weighted by atomic mass is 15.1. The van der Waals surface area contributed by atoms with Crippen LogP contribution in [0.15, 0.2) is 212 Å². The second kappa shape index (κ2) is 13.4. The van der Waals surface area contributed by atoms with E-state index in [1.807, 2.05) is 0 Å². The smallest absolute Gasteiger partial charge is 0.0719 e. The summed E-state index contributed by atoms with van der Waals surface area (Å²) >= 11 is 0. The van der Waals surface area contributed by atoms with Crippen LogP contribution in [-0.2, 0) is 16.2 Å². The Morgan fingerprint density at radius 3 is 1.45 bits per heavy atom. The summed E-state index contributed by atoms with van der Waals surface area (Å²) in [7, 11) is 0. The molecule has 296 valence electrons. The third kappa shape index (κ3) is 5.03. The molecule has 0 atom stereocenters. The molecule has 0 amide bonds. The quantitative estimate of drug-likeness (QED) is 0.168. The van der Waals surface area contributed by atoms with Crippen LogP contribution in [0, 0.1) is 0 Å². The normalized spacial score (nSPS) is 15.2. The number of anilines is 3. The summed E-state index contributed by atoms with van der Waals surface area (Å²) in [6.45, 7) is 9.56. The van der Waals surface area contributed by atoms with Crippen LogP contribution < -0.4 is 4.90 Å². The second-order valence-electron chi connectivity index (χ2n) is 18.4. The van der Waals surface area contributed by atoms with Gasteiger partial charge in [0.1, 0.15) is 0 Å². The molecule has 1 spiro atoms. The summed E-state index contributed by atoms with van der Waals surface area (Å²) in [5, 5.41) is 0. The summed E-state index contributed by atoms with van der Waals surface area (Å²) in [6, 6.07) is 79.5. The molecular weight excluding hydrogens is 747 g/mol. The average molecular weight is 794 g/mol. The van der Waals surface area contributed by atoms with Gasteiger partial charge in [0.2, 0.25) is 0 Å². The zero-order chi connectivity index (χ0) is 41.8. The van der Waals surface area contributed by atoms with E-state index in [1.54, 1.807) is 0 Å². The van der Waals surface area contributed by atoms with Crippen LogP contribution in [-0.4, -0.2) is 0 Å². The van der Waals surface area contributed by atoms with E-state index in [0.29, 0.717) is 0 Å². The molecule has 0 saturated heterocycles. The van der Waals surface area contributed by atoms with Crippen molar-refractivity contribution in [3.8, 4) is 44.5 Å². The highest BCUT2D eigenvalue weighted by Gasteiger charge is 2.53. The van der Waals surface area contributed by atoms with Crippen molar-refractivity contribution in [2.45, 2.75) is 43.9 Å². The topological polar surface area (TPSA) is 3.24 Å². The molecule has 9 aromatic rings. The molecule has 1 heteroatoms. The van der Waals surface area contributed by atoms with Crippen molar-refractivity contribution in [3.63, 3.8) is 0 Å². The van der Waals surface area contributed by atoms with Crippen LogP contribution in [0.4, 0.5) is 17.1 Å². The maximum absolute atomic E-state index is 2.43. The van der Waals surface area contributed by atoms with Crippen LogP contribution in [0.3, 0.4) is 0 Å². The third-order valence-electron chi connectivity index (χ3n) is 14.5. The average Bonchev–Trinajstić information content (AvgIpc) is 3.74. The summed E-state index contributed by atoms with van der Waals surface area (Å²) in [4.78, 5) is 2.40. The highest BCUT2D eigenvalue weighted by molar-refractivity contribution is 5.91. The van der Waals surface area contributed by atoms with Gasteiger partial charge >= 0.3 is 0 Å². The SMILES string of the molecule is CC1(C)c2ccccc2-c2ccc(-c3ccc(N(c4ccccc4)c4cccc(-c5cccc6c5C(C)(C)c5ccccc5C65c6ccccc6-c6ccccc65)c4)cc3)cc21. The van der Waals surface area contributed by atoms with Crippen molar-refractivity contribution in [1.29, 1.82) is 0 Å². The predicted molar refractivity (Wildman–Crippen MR) is 259 cm³/mol. The first-order valence-electron chi connectivity index (χ1n) is 22.0. The minimum atomic E-state index is -0.432. The Bertz CT molecular complexity index is 3190. The van der Waals surface area contributed by atoms with Crippen LogP contribution in [0.2, 0.25) is 0 Å². The zero-order valence-corrected chi connectivity index (χ0v) is 35.7. The molecule has 0 radical (unpaired) electrons. The van der Waals surface area contributed by atoms with Gasteiger partial charge in [-0.25, -0.2) is 0 Å². The van der Waals surface area contributed by atoms with E-state index in [1.165, 1.54) is 89.0 Å². The van der Waals surface area contributed by atoms with Crippen molar-refractivity contribution in [1.82, 2.24) is 0 Å². The predicted octanol–water partition coefficient (Wildman–Crippen LogP) is 15.8. The highest BCUT2D eigenvalue weighted by Crippen LogP contribution is 2.63. The number of para-hydroxylation sites is 1. The van der Waals surface area contributed by atoms with Gasteiger partial charge in [-0.05, 0) is 131 Å². The molecule has 0 unspecified atom stereocenters.